The van der Waals surface area contributed by atoms with Crippen molar-refractivity contribution in [3.63, 3.8) is 0 Å². The van der Waals surface area contributed by atoms with Crippen LogP contribution in [-0.4, -0.2) is 12.9 Å². The van der Waals surface area contributed by atoms with E-state index in [9.17, 15) is 4.79 Å². The molecule has 0 aliphatic rings. The van der Waals surface area contributed by atoms with Crippen LogP contribution in [0.3, 0.4) is 0 Å². The third-order valence-electron chi connectivity index (χ3n) is 2.50. The van der Waals surface area contributed by atoms with Gasteiger partial charge in [0.1, 0.15) is 0 Å². The molecule has 3 nitrogen and oxygen atoms in total. The van der Waals surface area contributed by atoms with Crippen molar-refractivity contribution in [1.82, 2.24) is 0 Å². The molecule has 2 rings (SSSR count). The molecule has 84 valence electrons. The number of rotatable bonds is 3. The minimum absolute atomic E-state index is 0.0123. The van der Waals surface area contributed by atoms with Crippen molar-refractivity contribution in [2.45, 2.75) is 13.8 Å². The molecule has 0 aliphatic carbocycles. The quantitative estimate of drug-likeness (QED) is 0.742. The number of Topliss-reactive ketones (excluding diaryl/α,β-unsaturated/α-hetero) is 1. The Bertz CT molecular complexity index is 523. The van der Waals surface area contributed by atoms with Gasteiger partial charge in [0.25, 0.3) is 0 Å². The van der Waals surface area contributed by atoms with Gasteiger partial charge in [-0.05, 0) is 12.1 Å². The maximum absolute atomic E-state index is 11.8. The van der Waals surface area contributed by atoms with Crippen LogP contribution in [0.2, 0.25) is 0 Å². The van der Waals surface area contributed by atoms with Gasteiger partial charge in [-0.15, -0.1) is 0 Å². The van der Waals surface area contributed by atoms with Gasteiger partial charge in [0.2, 0.25) is 5.78 Å². The van der Waals surface area contributed by atoms with Crippen LogP contribution in [0.1, 0.15) is 24.4 Å². The van der Waals surface area contributed by atoms with E-state index in [0.717, 1.165) is 5.39 Å². The molecule has 0 fully saturated rings. The summed E-state index contributed by atoms with van der Waals surface area (Å²) in [5.41, 5.74) is 0.633. The van der Waals surface area contributed by atoms with Crippen LogP contribution in [-0.2, 0) is 0 Å². The Morgan fingerprint density at radius 2 is 2.12 bits per heavy atom. The van der Waals surface area contributed by atoms with Crippen LogP contribution in [0, 0.1) is 5.92 Å². The highest BCUT2D eigenvalue weighted by Gasteiger charge is 2.17. The first-order valence-corrected chi connectivity index (χ1v) is 5.24. The number of fused-ring (bicyclic) bond motifs is 1. The third kappa shape index (κ3) is 1.69. The fourth-order valence-electron chi connectivity index (χ4n) is 1.60. The molecule has 0 spiro atoms. The maximum atomic E-state index is 11.8. The third-order valence-corrected chi connectivity index (χ3v) is 2.50. The van der Waals surface area contributed by atoms with Crippen LogP contribution in [0.15, 0.2) is 28.7 Å². The Kier molecular flexibility index (Phi) is 2.69. The number of hydrogen-bond acceptors (Lipinski definition) is 3. The van der Waals surface area contributed by atoms with Gasteiger partial charge in [0, 0.05) is 11.3 Å². The molecule has 0 atom stereocenters. The molecule has 0 bridgehead atoms. The van der Waals surface area contributed by atoms with E-state index in [-0.39, 0.29) is 11.7 Å². The zero-order chi connectivity index (χ0) is 11.7. The van der Waals surface area contributed by atoms with E-state index in [1.807, 2.05) is 32.0 Å². The smallest absolute Gasteiger partial charge is 0.200 e. The van der Waals surface area contributed by atoms with Crippen molar-refractivity contribution in [3.05, 3.63) is 30.0 Å². The monoisotopic (exact) mass is 218 g/mol. The predicted molar refractivity (Wildman–Crippen MR) is 61.9 cm³/mol. The number of hydrogen-bond donors (Lipinski definition) is 0. The second kappa shape index (κ2) is 4.00. The number of ether oxygens (including phenoxy) is 1. The van der Waals surface area contributed by atoms with Crippen molar-refractivity contribution in [2.24, 2.45) is 5.92 Å². The summed E-state index contributed by atoms with van der Waals surface area (Å²) in [5.74, 6) is 1.000. The zero-order valence-corrected chi connectivity index (χ0v) is 9.61. The van der Waals surface area contributed by atoms with Crippen LogP contribution in [0.25, 0.3) is 11.0 Å². The Balaban J connectivity index is 2.56. The lowest BCUT2D eigenvalue weighted by molar-refractivity contribution is 0.0913. The Labute approximate surface area is 94.0 Å². The lowest BCUT2D eigenvalue weighted by Gasteiger charge is -2.00. The van der Waals surface area contributed by atoms with Crippen LogP contribution in [0.5, 0.6) is 5.75 Å². The standard InChI is InChI=1S/C13H14O3/c1-8(2)12(14)11-7-9-5-4-6-10(15-3)13(9)16-11/h4-8H,1-3H3. The number of methoxy groups -OCH3 is 1. The molecule has 1 aromatic heterocycles. The minimum Gasteiger partial charge on any atom is -0.493 e. The highest BCUT2D eigenvalue weighted by molar-refractivity contribution is 5.99. The highest BCUT2D eigenvalue weighted by atomic mass is 16.5. The molecule has 0 aliphatic heterocycles. The minimum atomic E-state index is -0.0634. The fraction of sp³-hybridized carbons (Fsp3) is 0.308. The SMILES string of the molecule is COc1cccc2cc(C(=O)C(C)C)oc12. The topological polar surface area (TPSA) is 39.4 Å². The lowest BCUT2D eigenvalue weighted by atomic mass is 10.1. The summed E-state index contributed by atoms with van der Waals surface area (Å²) in [6.07, 6.45) is 0. The summed E-state index contributed by atoms with van der Waals surface area (Å²) in [5, 5.41) is 0.892. The Morgan fingerprint density at radius 1 is 1.38 bits per heavy atom. The zero-order valence-electron chi connectivity index (χ0n) is 9.61. The number of benzene rings is 1. The first kappa shape index (κ1) is 10.7. The first-order valence-electron chi connectivity index (χ1n) is 5.24. The molecule has 0 radical (unpaired) electrons. The Morgan fingerprint density at radius 3 is 2.75 bits per heavy atom. The van der Waals surface area contributed by atoms with Crippen molar-refractivity contribution >= 4 is 16.8 Å². The predicted octanol–water partition coefficient (Wildman–Crippen LogP) is 3.28. The largest absolute Gasteiger partial charge is 0.493 e. The molecular formula is C13H14O3. The van der Waals surface area contributed by atoms with Gasteiger partial charge in [0.05, 0.1) is 7.11 Å². The van der Waals surface area contributed by atoms with Gasteiger partial charge in [-0.3, -0.25) is 4.79 Å². The Hall–Kier alpha value is -1.77. The average Bonchev–Trinajstić information content (AvgIpc) is 2.70. The number of ketones is 1. The van der Waals surface area contributed by atoms with Gasteiger partial charge >= 0.3 is 0 Å². The van der Waals surface area contributed by atoms with Gasteiger partial charge in [-0.1, -0.05) is 26.0 Å². The molecule has 0 amide bonds. The van der Waals surface area contributed by atoms with E-state index in [4.69, 9.17) is 9.15 Å². The van der Waals surface area contributed by atoms with Crippen molar-refractivity contribution in [3.8, 4) is 5.75 Å². The molecule has 0 saturated carbocycles. The molecule has 0 N–H and O–H groups in total. The summed E-state index contributed by atoms with van der Waals surface area (Å²) in [6, 6.07) is 7.36. The molecule has 16 heavy (non-hydrogen) atoms. The van der Waals surface area contributed by atoms with Gasteiger partial charge in [0.15, 0.2) is 17.1 Å². The van der Waals surface area contributed by atoms with Gasteiger partial charge in [-0.25, -0.2) is 0 Å². The normalized spacial score (nSPS) is 11.0. The molecule has 1 aromatic carbocycles. The van der Waals surface area contributed by atoms with Crippen molar-refractivity contribution in [1.29, 1.82) is 0 Å². The summed E-state index contributed by atoms with van der Waals surface area (Å²) in [6.45, 7) is 3.71. The van der Waals surface area contributed by atoms with E-state index in [0.29, 0.717) is 17.1 Å². The van der Waals surface area contributed by atoms with Gasteiger partial charge in [-0.2, -0.15) is 0 Å². The second-order valence-corrected chi connectivity index (χ2v) is 4.01. The fourth-order valence-corrected chi connectivity index (χ4v) is 1.60. The van der Waals surface area contributed by atoms with Crippen LogP contribution in [0.4, 0.5) is 0 Å². The van der Waals surface area contributed by atoms with E-state index >= 15 is 0 Å². The second-order valence-electron chi connectivity index (χ2n) is 4.01. The summed E-state index contributed by atoms with van der Waals surface area (Å²) in [7, 11) is 1.58. The van der Waals surface area contributed by atoms with Crippen molar-refractivity contribution < 1.29 is 13.9 Å². The number of furan rings is 1. The van der Waals surface area contributed by atoms with Crippen LogP contribution >= 0.6 is 0 Å². The maximum Gasteiger partial charge on any atom is 0.200 e. The summed E-state index contributed by atoms with van der Waals surface area (Å²) < 4.78 is 10.7. The van der Waals surface area contributed by atoms with Crippen LogP contribution < -0.4 is 4.74 Å². The molecule has 1 heterocycles. The van der Waals surface area contributed by atoms with E-state index in [1.54, 1.807) is 13.2 Å². The highest BCUT2D eigenvalue weighted by Crippen LogP contribution is 2.29. The van der Waals surface area contributed by atoms with Gasteiger partial charge < -0.3 is 9.15 Å². The first-order chi connectivity index (χ1) is 7.63. The number of carbonyl (C=O) groups excluding carboxylic acids is 1. The average molecular weight is 218 g/mol. The summed E-state index contributed by atoms with van der Waals surface area (Å²) in [4.78, 5) is 11.8. The lowest BCUT2D eigenvalue weighted by Crippen LogP contribution is -2.05. The molecular weight excluding hydrogens is 204 g/mol. The molecule has 0 unspecified atom stereocenters. The molecule has 2 aromatic rings. The van der Waals surface area contributed by atoms with Crippen molar-refractivity contribution in [2.75, 3.05) is 7.11 Å². The summed E-state index contributed by atoms with van der Waals surface area (Å²) >= 11 is 0. The van der Waals surface area contributed by atoms with E-state index < -0.39 is 0 Å². The number of para-hydroxylation sites is 1. The van der Waals surface area contributed by atoms with E-state index in [2.05, 4.69) is 0 Å². The number of carbonyl (C=O) groups is 1. The van der Waals surface area contributed by atoms with E-state index in [1.165, 1.54) is 0 Å². The molecule has 0 saturated heterocycles. The molecule has 3 heteroatoms.